The van der Waals surface area contributed by atoms with Gasteiger partial charge in [0.15, 0.2) is 0 Å². The molecule has 1 aliphatic heterocycles. The monoisotopic (exact) mass is 312 g/mol. The predicted octanol–water partition coefficient (Wildman–Crippen LogP) is 2.14. The first-order chi connectivity index (χ1) is 9.65. The highest BCUT2D eigenvalue weighted by Gasteiger charge is 2.29. The first-order valence-electron chi connectivity index (χ1n) is 7.38. The number of amides is 1. The SMILES string of the molecule is CCN(CC)c1ccc(NC(=O)[C@@H]2CNC[C@H]2C)cn1.Cl. The first kappa shape index (κ1) is 17.7. The molecule has 1 aromatic heterocycles. The van der Waals surface area contributed by atoms with Crippen molar-refractivity contribution >= 4 is 29.8 Å². The summed E-state index contributed by atoms with van der Waals surface area (Å²) >= 11 is 0. The molecule has 0 radical (unpaired) electrons. The van der Waals surface area contributed by atoms with Crippen molar-refractivity contribution in [1.82, 2.24) is 10.3 Å². The van der Waals surface area contributed by atoms with Crippen LogP contribution in [-0.2, 0) is 4.79 Å². The Balaban J connectivity index is 0.00000220. The molecule has 5 nitrogen and oxygen atoms in total. The number of nitrogens with zero attached hydrogens (tertiary/aromatic N) is 2. The van der Waals surface area contributed by atoms with Crippen molar-refractivity contribution in [1.29, 1.82) is 0 Å². The van der Waals surface area contributed by atoms with Gasteiger partial charge in [0.05, 0.1) is 17.8 Å². The Labute approximate surface area is 132 Å². The maximum atomic E-state index is 12.2. The molecule has 2 heterocycles. The van der Waals surface area contributed by atoms with E-state index >= 15 is 0 Å². The van der Waals surface area contributed by atoms with Gasteiger partial charge in [0.1, 0.15) is 5.82 Å². The number of carbonyl (C=O) groups is 1. The van der Waals surface area contributed by atoms with Gasteiger partial charge in [0.2, 0.25) is 5.91 Å². The summed E-state index contributed by atoms with van der Waals surface area (Å²) in [5, 5.41) is 6.20. The van der Waals surface area contributed by atoms with Crippen LogP contribution in [-0.4, -0.2) is 37.1 Å². The zero-order valence-corrected chi connectivity index (χ0v) is 13.7. The third-order valence-electron chi connectivity index (χ3n) is 3.96. The van der Waals surface area contributed by atoms with Crippen molar-refractivity contribution in [2.75, 3.05) is 36.4 Å². The van der Waals surface area contributed by atoms with Gasteiger partial charge in [-0.2, -0.15) is 0 Å². The third kappa shape index (κ3) is 4.32. The minimum absolute atomic E-state index is 0. The highest BCUT2D eigenvalue weighted by molar-refractivity contribution is 5.93. The van der Waals surface area contributed by atoms with Crippen molar-refractivity contribution in [2.24, 2.45) is 11.8 Å². The van der Waals surface area contributed by atoms with Gasteiger partial charge in [-0.3, -0.25) is 4.79 Å². The van der Waals surface area contributed by atoms with E-state index in [0.717, 1.165) is 37.7 Å². The number of rotatable bonds is 5. The van der Waals surface area contributed by atoms with Crippen molar-refractivity contribution < 1.29 is 4.79 Å². The van der Waals surface area contributed by atoms with Crippen molar-refractivity contribution in [3.05, 3.63) is 18.3 Å². The summed E-state index contributed by atoms with van der Waals surface area (Å²) in [5.74, 6) is 1.47. The fourth-order valence-corrected chi connectivity index (χ4v) is 2.59. The van der Waals surface area contributed by atoms with Crippen LogP contribution in [0.4, 0.5) is 11.5 Å². The van der Waals surface area contributed by atoms with Gasteiger partial charge >= 0.3 is 0 Å². The lowest BCUT2D eigenvalue weighted by Gasteiger charge is -2.20. The summed E-state index contributed by atoms with van der Waals surface area (Å²) in [6, 6.07) is 3.88. The second-order valence-corrected chi connectivity index (χ2v) is 5.31. The van der Waals surface area contributed by atoms with Crippen LogP contribution in [0.3, 0.4) is 0 Å². The number of anilines is 2. The molecule has 1 fully saturated rings. The van der Waals surface area contributed by atoms with E-state index in [1.165, 1.54) is 0 Å². The molecule has 1 amide bonds. The maximum Gasteiger partial charge on any atom is 0.229 e. The Morgan fingerprint density at radius 3 is 2.57 bits per heavy atom. The number of aromatic nitrogens is 1. The Morgan fingerprint density at radius 2 is 2.10 bits per heavy atom. The Hall–Kier alpha value is -1.33. The van der Waals surface area contributed by atoms with Crippen LogP contribution in [0.15, 0.2) is 18.3 Å². The standard InChI is InChI=1S/C15H24N4O.ClH/c1-4-19(5-2)14-7-6-12(9-17-14)18-15(20)13-10-16-8-11(13)3;/h6-7,9,11,13,16H,4-5,8,10H2,1-3H3,(H,18,20);1H/t11-,13-;/m1./s1. The lowest BCUT2D eigenvalue weighted by Crippen LogP contribution is -2.28. The smallest absolute Gasteiger partial charge is 0.229 e. The second kappa shape index (κ2) is 8.20. The molecular weight excluding hydrogens is 288 g/mol. The molecule has 2 N–H and O–H groups in total. The van der Waals surface area contributed by atoms with Crippen molar-refractivity contribution in [2.45, 2.75) is 20.8 Å². The van der Waals surface area contributed by atoms with Crippen LogP contribution in [0.2, 0.25) is 0 Å². The minimum Gasteiger partial charge on any atom is -0.357 e. The van der Waals surface area contributed by atoms with Gasteiger partial charge in [-0.25, -0.2) is 4.98 Å². The lowest BCUT2D eigenvalue weighted by atomic mass is 9.97. The van der Waals surface area contributed by atoms with Gasteiger partial charge in [-0.1, -0.05) is 6.92 Å². The molecule has 1 saturated heterocycles. The van der Waals surface area contributed by atoms with Crippen LogP contribution < -0.4 is 15.5 Å². The molecule has 0 aliphatic carbocycles. The topological polar surface area (TPSA) is 57.3 Å². The average Bonchev–Trinajstić information content (AvgIpc) is 2.88. The summed E-state index contributed by atoms with van der Waals surface area (Å²) in [6.07, 6.45) is 1.73. The van der Waals surface area contributed by atoms with E-state index in [9.17, 15) is 4.79 Å². The fraction of sp³-hybridized carbons (Fsp3) is 0.600. The summed E-state index contributed by atoms with van der Waals surface area (Å²) in [6.45, 7) is 9.85. The number of hydrogen-bond donors (Lipinski definition) is 2. The largest absolute Gasteiger partial charge is 0.357 e. The van der Waals surface area contributed by atoms with Crippen LogP contribution >= 0.6 is 12.4 Å². The van der Waals surface area contributed by atoms with Gasteiger partial charge in [-0.15, -0.1) is 12.4 Å². The van der Waals surface area contributed by atoms with Gasteiger partial charge in [0.25, 0.3) is 0 Å². The summed E-state index contributed by atoms with van der Waals surface area (Å²) in [7, 11) is 0. The number of pyridine rings is 1. The molecule has 0 saturated carbocycles. The summed E-state index contributed by atoms with van der Waals surface area (Å²) in [5.41, 5.74) is 0.769. The molecule has 118 valence electrons. The Bertz CT molecular complexity index is 447. The molecule has 21 heavy (non-hydrogen) atoms. The molecule has 6 heteroatoms. The summed E-state index contributed by atoms with van der Waals surface area (Å²) < 4.78 is 0. The summed E-state index contributed by atoms with van der Waals surface area (Å²) in [4.78, 5) is 18.8. The van der Waals surface area contributed by atoms with E-state index in [0.29, 0.717) is 5.92 Å². The van der Waals surface area contributed by atoms with E-state index < -0.39 is 0 Å². The van der Waals surface area contributed by atoms with Crippen LogP contribution in [0, 0.1) is 11.8 Å². The number of hydrogen-bond acceptors (Lipinski definition) is 4. The first-order valence-corrected chi connectivity index (χ1v) is 7.38. The number of nitrogens with one attached hydrogen (secondary N) is 2. The van der Waals surface area contributed by atoms with E-state index in [-0.39, 0.29) is 24.2 Å². The molecule has 1 aromatic rings. The Kier molecular flexibility index (Phi) is 6.92. The van der Waals surface area contributed by atoms with E-state index in [2.05, 4.69) is 41.3 Å². The van der Waals surface area contributed by atoms with E-state index in [4.69, 9.17) is 0 Å². The quantitative estimate of drug-likeness (QED) is 0.874. The predicted molar refractivity (Wildman–Crippen MR) is 89.2 cm³/mol. The zero-order valence-electron chi connectivity index (χ0n) is 12.9. The second-order valence-electron chi connectivity index (χ2n) is 5.31. The molecule has 2 atom stereocenters. The fourth-order valence-electron chi connectivity index (χ4n) is 2.59. The van der Waals surface area contributed by atoms with Crippen molar-refractivity contribution in [3.8, 4) is 0 Å². The highest BCUT2D eigenvalue weighted by Crippen LogP contribution is 2.19. The molecule has 0 spiro atoms. The molecular formula is C15H25ClN4O. The number of carbonyl (C=O) groups excluding carboxylic acids is 1. The molecule has 0 unspecified atom stereocenters. The van der Waals surface area contributed by atoms with Crippen LogP contribution in [0.5, 0.6) is 0 Å². The average molecular weight is 313 g/mol. The normalized spacial score (nSPS) is 20.7. The maximum absolute atomic E-state index is 12.2. The van der Waals surface area contributed by atoms with Crippen molar-refractivity contribution in [3.63, 3.8) is 0 Å². The lowest BCUT2D eigenvalue weighted by molar-refractivity contribution is -0.120. The Morgan fingerprint density at radius 1 is 1.38 bits per heavy atom. The van der Waals surface area contributed by atoms with Gasteiger partial charge < -0.3 is 15.5 Å². The number of halogens is 1. The van der Waals surface area contributed by atoms with Crippen LogP contribution in [0.1, 0.15) is 20.8 Å². The van der Waals surface area contributed by atoms with Gasteiger partial charge in [-0.05, 0) is 38.4 Å². The molecule has 0 aromatic carbocycles. The molecule has 1 aliphatic rings. The minimum atomic E-state index is 0. The highest BCUT2D eigenvalue weighted by atomic mass is 35.5. The van der Waals surface area contributed by atoms with Gasteiger partial charge in [0, 0.05) is 19.6 Å². The van der Waals surface area contributed by atoms with E-state index in [1.807, 2.05) is 12.1 Å². The van der Waals surface area contributed by atoms with Crippen LogP contribution in [0.25, 0.3) is 0 Å². The third-order valence-corrected chi connectivity index (χ3v) is 3.96. The molecule has 0 bridgehead atoms. The molecule has 2 rings (SSSR count). The van der Waals surface area contributed by atoms with E-state index in [1.54, 1.807) is 6.20 Å². The zero-order chi connectivity index (χ0) is 14.5.